The van der Waals surface area contributed by atoms with Crippen LogP contribution in [0.4, 0.5) is 0 Å². The minimum Gasteiger partial charge on any atom is -0.479 e. The molecular formula is C15H19Cl2NO4. The highest BCUT2D eigenvalue weighted by Crippen LogP contribution is 2.28. The molecule has 1 aromatic carbocycles. The molecule has 22 heavy (non-hydrogen) atoms. The van der Waals surface area contributed by atoms with Crippen molar-refractivity contribution in [2.45, 2.75) is 26.9 Å². The van der Waals surface area contributed by atoms with Crippen LogP contribution in [0, 0.1) is 0 Å². The van der Waals surface area contributed by atoms with E-state index in [1.165, 1.54) is 11.0 Å². The summed E-state index contributed by atoms with van der Waals surface area (Å²) in [4.78, 5) is 25.2. The fraction of sp³-hybridized carbons (Fsp3) is 0.467. The highest BCUT2D eigenvalue weighted by Gasteiger charge is 2.24. The van der Waals surface area contributed by atoms with Crippen molar-refractivity contribution in [1.82, 2.24) is 4.90 Å². The first-order chi connectivity index (χ1) is 10.4. The average molecular weight is 348 g/mol. The maximum Gasteiger partial charge on any atom is 0.325 e. The van der Waals surface area contributed by atoms with Crippen molar-refractivity contribution in [2.75, 3.05) is 19.7 Å². The number of hydrogen-bond donors (Lipinski definition) is 0. The summed E-state index contributed by atoms with van der Waals surface area (Å²) in [6.45, 7) is 5.63. The predicted molar refractivity (Wildman–Crippen MR) is 85.4 cm³/mol. The van der Waals surface area contributed by atoms with Crippen LogP contribution in [0.3, 0.4) is 0 Å². The molecule has 0 bridgehead atoms. The molecule has 5 nitrogen and oxygen atoms in total. The summed E-state index contributed by atoms with van der Waals surface area (Å²) < 4.78 is 10.4. The second-order valence-corrected chi connectivity index (χ2v) is 5.34. The van der Waals surface area contributed by atoms with Crippen molar-refractivity contribution >= 4 is 35.1 Å². The number of carbonyl (C=O) groups excluding carboxylic acids is 2. The Hall–Kier alpha value is -1.46. The molecule has 1 aromatic rings. The molecule has 0 heterocycles. The molecule has 7 heteroatoms. The number of hydrogen-bond acceptors (Lipinski definition) is 4. The third kappa shape index (κ3) is 5.39. The SMILES string of the molecule is CCOC(=O)CN(CC)C(=O)C(C)Oc1ccc(Cl)cc1Cl. The maximum atomic E-state index is 12.3. The van der Waals surface area contributed by atoms with Gasteiger partial charge in [0.2, 0.25) is 0 Å². The number of likely N-dealkylation sites (N-methyl/N-ethyl adjacent to an activating group) is 1. The molecule has 1 unspecified atom stereocenters. The van der Waals surface area contributed by atoms with E-state index in [2.05, 4.69) is 0 Å². The van der Waals surface area contributed by atoms with Crippen LogP contribution in [0.2, 0.25) is 10.0 Å². The van der Waals surface area contributed by atoms with E-state index in [1.807, 2.05) is 0 Å². The highest BCUT2D eigenvalue weighted by atomic mass is 35.5. The largest absolute Gasteiger partial charge is 0.479 e. The zero-order valence-electron chi connectivity index (χ0n) is 12.8. The molecule has 0 aliphatic rings. The van der Waals surface area contributed by atoms with Gasteiger partial charge >= 0.3 is 5.97 Å². The number of amides is 1. The van der Waals surface area contributed by atoms with E-state index in [9.17, 15) is 9.59 Å². The van der Waals surface area contributed by atoms with Gasteiger partial charge in [0.25, 0.3) is 5.91 Å². The van der Waals surface area contributed by atoms with Crippen LogP contribution < -0.4 is 4.74 Å². The van der Waals surface area contributed by atoms with Crippen LogP contribution in [-0.4, -0.2) is 42.6 Å². The van der Waals surface area contributed by atoms with Crippen molar-refractivity contribution in [3.63, 3.8) is 0 Å². The molecular weight excluding hydrogens is 329 g/mol. The summed E-state index contributed by atoms with van der Waals surface area (Å²) >= 11 is 11.8. The van der Waals surface area contributed by atoms with Gasteiger partial charge in [-0.05, 0) is 39.0 Å². The molecule has 122 valence electrons. The van der Waals surface area contributed by atoms with Crippen LogP contribution in [0.1, 0.15) is 20.8 Å². The number of esters is 1. The zero-order valence-corrected chi connectivity index (χ0v) is 14.3. The molecule has 0 saturated heterocycles. The molecule has 0 aromatic heterocycles. The minimum absolute atomic E-state index is 0.106. The smallest absolute Gasteiger partial charge is 0.325 e. The Morgan fingerprint density at radius 1 is 1.27 bits per heavy atom. The van der Waals surface area contributed by atoms with Gasteiger partial charge in [0, 0.05) is 11.6 Å². The summed E-state index contributed by atoms with van der Waals surface area (Å²) in [6.07, 6.45) is -0.784. The Kier molecular flexibility index (Phi) is 7.48. The Bertz CT molecular complexity index is 536. The molecule has 0 aliphatic carbocycles. The molecule has 0 radical (unpaired) electrons. The van der Waals surface area contributed by atoms with Gasteiger partial charge in [-0.3, -0.25) is 9.59 Å². The van der Waals surface area contributed by atoms with Crippen molar-refractivity contribution in [3.8, 4) is 5.75 Å². The number of ether oxygens (including phenoxy) is 2. The molecule has 0 saturated carbocycles. The lowest BCUT2D eigenvalue weighted by molar-refractivity contribution is -0.150. The highest BCUT2D eigenvalue weighted by molar-refractivity contribution is 6.35. The first kappa shape index (κ1) is 18.6. The Morgan fingerprint density at radius 2 is 1.95 bits per heavy atom. The molecule has 0 N–H and O–H groups in total. The fourth-order valence-electron chi connectivity index (χ4n) is 1.78. The van der Waals surface area contributed by atoms with Crippen LogP contribution in [-0.2, 0) is 14.3 Å². The Morgan fingerprint density at radius 3 is 2.50 bits per heavy atom. The number of carbonyl (C=O) groups is 2. The van der Waals surface area contributed by atoms with Gasteiger partial charge < -0.3 is 14.4 Å². The lowest BCUT2D eigenvalue weighted by Gasteiger charge is -2.24. The Balaban J connectivity index is 2.71. The lowest BCUT2D eigenvalue weighted by atomic mass is 10.3. The van der Waals surface area contributed by atoms with Crippen molar-refractivity contribution in [1.29, 1.82) is 0 Å². The van der Waals surface area contributed by atoms with E-state index < -0.39 is 12.1 Å². The monoisotopic (exact) mass is 347 g/mol. The van der Waals surface area contributed by atoms with Crippen LogP contribution >= 0.6 is 23.2 Å². The zero-order chi connectivity index (χ0) is 16.7. The fourth-order valence-corrected chi connectivity index (χ4v) is 2.23. The van der Waals surface area contributed by atoms with E-state index in [-0.39, 0.29) is 19.1 Å². The van der Waals surface area contributed by atoms with Crippen LogP contribution in [0.25, 0.3) is 0 Å². The van der Waals surface area contributed by atoms with Gasteiger partial charge in [0.1, 0.15) is 12.3 Å². The first-order valence-corrected chi connectivity index (χ1v) is 7.70. The van der Waals surface area contributed by atoms with E-state index in [1.54, 1.807) is 32.9 Å². The third-order valence-electron chi connectivity index (χ3n) is 2.86. The topological polar surface area (TPSA) is 55.8 Å². The molecule has 1 rings (SSSR count). The summed E-state index contributed by atoms with van der Waals surface area (Å²) in [5.41, 5.74) is 0. The molecule has 1 atom stereocenters. The molecule has 0 fully saturated rings. The summed E-state index contributed by atoms with van der Waals surface area (Å²) in [7, 11) is 0. The molecule has 0 aliphatic heterocycles. The second kappa shape index (κ2) is 8.86. The first-order valence-electron chi connectivity index (χ1n) is 6.95. The number of benzene rings is 1. The number of rotatable bonds is 7. The third-order valence-corrected chi connectivity index (χ3v) is 3.39. The van der Waals surface area contributed by atoms with Crippen molar-refractivity contribution < 1.29 is 19.1 Å². The lowest BCUT2D eigenvalue weighted by Crippen LogP contribution is -2.43. The quantitative estimate of drug-likeness (QED) is 0.711. The predicted octanol–water partition coefficient (Wildman–Crippen LogP) is 3.17. The summed E-state index contributed by atoms with van der Waals surface area (Å²) in [5.74, 6) is -0.407. The standard InChI is InChI=1S/C15H19Cl2NO4/c1-4-18(9-14(19)21-5-2)15(20)10(3)22-13-7-6-11(16)8-12(13)17/h6-8,10H,4-5,9H2,1-3H3. The number of nitrogens with zero attached hydrogens (tertiary/aromatic N) is 1. The molecule has 1 amide bonds. The van der Waals surface area contributed by atoms with Crippen LogP contribution in [0.5, 0.6) is 5.75 Å². The maximum absolute atomic E-state index is 12.3. The van der Waals surface area contributed by atoms with E-state index in [0.717, 1.165) is 0 Å². The van der Waals surface area contributed by atoms with Crippen molar-refractivity contribution in [2.24, 2.45) is 0 Å². The Labute approximate surface area is 140 Å². The van der Waals surface area contributed by atoms with Gasteiger partial charge in [0.15, 0.2) is 6.10 Å². The van der Waals surface area contributed by atoms with E-state index in [4.69, 9.17) is 32.7 Å². The normalized spacial score (nSPS) is 11.7. The van der Waals surface area contributed by atoms with Gasteiger partial charge in [0.05, 0.1) is 11.6 Å². The van der Waals surface area contributed by atoms with Gasteiger partial charge in [-0.15, -0.1) is 0 Å². The van der Waals surface area contributed by atoms with Crippen molar-refractivity contribution in [3.05, 3.63) is 28.2 Å². The number of halogens is 2. The molecule has 0 spiro atoms. The van der Waals surface area contributed by atoms with Crippen LogP contribution in [0.15, 0.2) is 18.2 Å². The van der Waals surface area contributed by atoms with E-state index >= 15 is 0 Å². The van der Waals surface area contributed by atoms with Gasteiger partial charge in [-0.1, -0.05) is 23.2 Å². The summed E-state index contributed by atoms with van der Waals surface area (Å²) in [5, 5.41) is 0.800. The second-order valence-electron chi connectivity index (χ2n) is 4.49. The van der Waals surface area contributed by atoms with Gasteiger partial charge in [-0.25, -0.2) is 0 Å². The average Bonchev–Trinajstić information content (AvgIpc) is 2.47. The summed E-state index contributed by atoms with van der Waals surface area (Å²) in [6, 6.07) is 4.75. The van der Waals surface area contributed by atoms with Gasteiger partial charge in [-0.2, -0.15) is 0 Å². The minimum atomic E-state index is -0.784. The van der Waals surface area contributed by atoms with E-state index in [0.29, 0.717) is 22.3 Å².